The van der Waals surface area contributed by atoms with Gasteiger partial charge in [0.25, 0.3) is 0 Å². The second-order valence-electron chi connectivity index (χ2n) is 5.91. The van der Waals surface area contributed by atoms with E-state index >= 15 is 0 Å². The molecule has 5 nitrogen and oxygen atoms in total. The zero-order chi connectivity index (χ0) is 14.8. The van der Waals surface area contributed by atoms with Crippen molar-refractivity contribution in [2.24, 2.45) is 4.99 Å². The quantitative estimate of drug-likeness (QED) is 0.433. The monoisotopic (exact) mass is 283 g/mol. The Kier molecular flexibility index (Phi) is 8.62. The maximum atomic E-state index is 4.63. The fourth-order valence-electron chi connectivity index (χ4n) is 2.40. The van der Waals surface area contributed by atoms with Crippen LogP contribution in [0.5, 0.6) is 0 Å². The van der Waals surface area contributed by atoms with Crippen molar-refractivity contribution in [2.45, 2.75) is 39.7 Å². The van der Waals surface area contributed by atoms with Gasteiger partial charge in [-0.25, -0.2) is 0 Å². The minimum atomic E-state index is 0.425. The van der Waals surface area contributed by atoms with E-state index in [9.17, 15) is 0 Å². The van der Waals surface area contributed by atoms with Crippen LogP contribution >= 0.6 is 0 Å². The molecule has 1 saturated heterocycles. The molecule has 1 fully saturated rings. The highest BCUT2D eigenvalue weighted by molar-refractivity contribution is 5.79. The van der Waals surface area contributed by atoms with Crippen LogP contribution in [0.15, 0.2) is 4.99 Å². The first kappa shape index (κ1) is 17.2. The number of rotatable bonds is 6. The number of aliphatic imine (C=N–C) groups is 1. The van der Waals surface area contributed by atoms with E-state index in [2.05, 4.69) is 53.2 Å². The van der Waals surface area contributed by atoms with Gasteiger partial charge >= 0.3 is 0 Å². The number of nitrogens with one attached hydrogen (secondary N) is 2. The number of likely N-dealkylation sites (N-methyl/N-ethyl adjacent to an activating group) is 1. The summed E-state index contributed by atoms with van der Waals surface area (Å²) in [5, 5.41) is 6.64. The maximum absolute atomic E-state index is 4.63. The summed E-state index contributed by atoms with van der Waals surface area (Å²) in [6.45, 7) is 14.2. The van der Waals surface area contributed by atoms with Gasteiger partial charge in [-0.15, -0.1) is 0 Å². The molecule has 20 heavy (non-hydrogen) atoms. The molecule has 0 aromatic heterocycles. The predicted molar refractivity (Wildman–Crippen MR) is 87.4 cm³/mol. The molecule has 0 amide bonds. The highest BCUT2D eigenvalue weighted by Crippen LogP contribution is 2.01. The lowest BCUT2D eigenvalue weighted by atomic mass is 10.3. The zero-order valence-electron chi connectivity index (χ0n) is 13.8. The van der Waals surface area contributed by atoms with Crippen molar-refractivity contribution in [3.63, 3.8) is 0 Å². The number of hydrogen-bond acceptors (Lipinski definition) is 3. The first-order valence-electron chi connectivity index (χ1n) is 8.07. The minimum Gasteiger partial charge on any atom is -0.357 e. The average Bonchev–Trinajstić information content (AvgIpc) is 2.59. The Balaban J connectivity index is 2.23. The van der Waals surface area contributed by atoms with Crippen LogP contribution in [0.4, 0.5) is 0 Å². The van der Waals surface area contributed by atoms with Gasteiger partial charge in [-0.3, -0.25) is 4.99 Å². The van der Waals surface area contributed by atoms with Gasteiger partial charge in [0, 0.05) is 32.2 Å². The number of hydrogen-bond donors (Lipinski definition) is 2. The summed E-state index contributed by atoms with van der Waals surface area (Å²) in [5.74, 6) is 0.943. The van der Waals surface area contributed by atoms with Crippen molar-refractivity contribution in [3.8, 4) is 0 Å². The summed E-state index contributed by atoms with van der Waals surface area (Å²) in [6, 6.07) is 0.425. The summed E-state index contributed by atoms with van der Waals surface area (Å²) in [5.41, 5.74) is 0. The van der Waals surface area contributed by atoms with E-state index in [-0.39, 0.29) is 0 Å². The number of nitrogens with zero attached hydrogens (tertiary/aromatic N) is 3. The second-order valence-corrected chi connectivity index (χ2v) is 5.91. The fourth-order valence-corrected chi connectivity index (χ4v) is 2.40. The van der Waals surface area contributed by atoms with Gasteiger partial charge in [-0.2, -0.15) is 0 Å². The first-order chi connectivity index (χ1) is 9.61. The Morgan fingerprint density at radius 3 is 2.70 bits per heavy atom. The van der Waals surface area contributed by atoms with Crippen LogP contribution in [0.3, 0.4) is 0 Å². The summed E-state index contributed by atoms with van der Waals surface area (Å²) < 4.78 is 0. The van der Waals surface area contributed by atoms with Gasteiger partial charge in [0.05, 0.1) is 0 Å². The van der Waals surface area contributed by atoms with E-state index < -0.39 is 0 Å². The molecule has 1 heterocycles. The SMILES string of the molecule is CCNC(=NCCCN1CCCN(C)CC1)NC(C)C. The van der Waals surface area contributed by atoms with Crippen LogP contribution in [-0.4, -0.2) is 74.7 Å². The van der Waals surface area contributed by atoms with E-state index in [1.54, 1.807) is 0 Å². The lowest BCUT2D eigenvalue weighted by molar-refractivity contribution is 0.275. The normalized spacial score (nSPS) is 19.1. The van der Waals surface area contributed by atoms with Crippen molar-refractivity contribution in [1.29, 1.82) is 0 Å². The van der Waals surface area contributed by atoms with Gasteiger partial charge in [0.2, 0.25) is 0 Å². The van der Waals surface area contributed by atoms with Crippen LogP contribution in [-0.2, 0) is 0 Å². The molecule has 0 aromatic carbocycles. The molecule has 1 aliphatic heterocycles. The topological polar surface area (TPSA) is 42.9 Å². The molecular formula is C15H33N5. The minimum absolute atomic E-state index is 0.425. The highest BCUT2D eigenvalue weighted by Gasteiger charge is 2.11. The zero-order valence-corrected chi connectivity index (χ0v) is 13.8. The fraction of sp³-hybridized carbons (Fsp3) is 0.933. The molecule has 5 heteroatoms. The molecule has 0 radical (unpaired) electrons. The Bertz CT molecular complexity index is 277. The van der Waals surface area contributed by atoms with Crippen molar-refractivity contribution < 1.29 is 0 Å². The predicted octanol–water partition coefficient (Wildman–Crippen LogP) is 0.978. The van der Waals surface area contributed by atoms with E-state index in [0.29, 0.717) is 6.04 Å². The third-order valence-corrected chi connectivity index (χ3v) is 3.48. The Morgan fingerprint density at radius 2 is 2.00 bits per heavy atom. The number of guanidine groups is 1. The molecular weight excluding hydrogens is 250 g/mol. The van der Waals surface area contributed by atoms with E-state index in [1.807, 2.05) is 0 Å². The molecule has 0 aromatic rings. The van der Waals surface area contributed by atoms with Crippen molar-refractivity contribution in [1.82, 2.24) is 20.4 Å². The largest absolute Gasteiger partial charge is 0.357 e. The van der Waals surface area contributed by atoms with Crippen LogP contribution in [0, 0.1) is 0 Å². The molecule has 0 bridgehead atoms. The van der Waals surface area contributed by atoms with E-state index in [1.165, 1.54) is 39.1 Å². The molecule has 1 aliphatic rings. The van der Waals surface area contributed by atoms with E-state index in [4.69, 9.17) is 0 Å². The Morgan fingerprint density at radius 1 is 1.20 bits per heavy atom. The van der Waals surface area contributed by atoms with Crippen LogP contribution in [0.1, 0.15) is 33.6 Å². The smallest absolute Gasteiger partial charge is 0.191 e. The first-order valence-corrected chi connectivity index (χ1v) is 8.07. The van der Waals surface area contributed by atoms with Gasteiger partial charge in [-0.05, 0) is 60.3 Å². The molecule has 0 aliphatic carbocycles. The summed E-state index contributed by atoms with van der Waals surface area (Å²) in [6.07, 6.45) is 2.43. The third-order valence-electron chi connectivity index (χ3n) is 3.48. The van der Waals surface area contributed by atoms with Crippen molar-refractivity contribution >= 4 is 5.96 Å². The van der Waals surface area contributed by atoms with Gasteiger partial charge in [0.15, 0.2) is 5.96 Å². The summed E-state index contributed by atoms with van der Waals surface area (Å²) in [7, 11) is 2.22. The van der Waals surface area contributed by atoms with Gasteiger partial charge < -0.3 is 20.4 Å². The van der Waals surface area contributed by atoms with Gasteiger partial charge in [-0.1, -0.05) is 0 Å². The summed E-state index contributed by atoms with van der Waals surface area (Å²) >= 11 is 0. The standard InChI is InChI=1S/C15H33N5/c1-5-16-15(18-14(2)3)17-8-6-10-20-11-7-9-19(4)12-13-20/h14H,5-13H2,1-4H3,(H2,16,17,18). The van der Waals surface area contributed by atoms with Crippen molar-refractivity contribution in [3.05, 3.63) is 0 Å². The van der Waals surface area contributed by atoms with Gasteiger partial charge in [0.1, 0.15) is 0 Å². The van der Waals surface area contributed by atoms with Crippen LogP contribution in [0.25, 0.3) is 0 Å². The lowest BCUT2D eigenvalue weighted by Crippen LogP contribution is -2.41. The average molecular weight is 283 g/mol. The Labute approximate surface area is 124 Å². The highest BCUT2D eigenvalue weighted by atomic mass is 15.2. The van der Waals surface area contributed by atoms with Crippen LogP contribution in [0.2, 0.25) is 0 Å². The van der Waals surface area contributed by atoms with Crippen molar-refractivity contribution in [2.75, 3.05) is 52.9 Å². The molecule has 0 atom stereocenters. The third kappa shape index (κ3) is 7.70. The summed E-state index contributed by atoms with van der Waals surface area (Å²) in [4.78, 5) is 9.63. The molecule has 0 saturated carbocycles. The second kappa shape index (κ2) is 10.00. The molecule has 0 unspecified atom stereocenters. The van der Waals surface area contributed by atoms with Crippen LogP contribution < -0.4 is 10.6 Å². The lowest BCUT2D eigenvalue weighted by Gasteiger charge is -2.19. The Hall–Kier alpha value is -0.810. The maximum Gasteiger partial charge on any atom is 0.191 e. The molecule has 118 valence electrons. The molecule has 1 rings (SSSR count). The molecule has 2 N–H and O–H groups in total. The molecule has 0 spiro atoms. The van der Waals surface area contributed by atoms with E-state index in [0.717, 1.165) is 25.5 Å².